The molecule has 1 aliphatic carbocycles. The Balaban J connectivity index is 1.96. The van der Waals surface area contributed by atoms with E-state index < -0.39 is 0 Å². The number of carbonyl (C=O) groups excluding carboxylic acids is 1. The minimum atomic E-state index is 0.151. The van der Waals surface area contributed by atoms with Crippen LogP contribution in [0.15, 0.2) is 24.3 Å². The second-order valence-electron chi connectivity index (χ2n) is 5.34. The third-order valence-corrected chi connectivity index (χ3v) is 3.74. The molecule has 3 nitrogen and oxygen atoms in total. The van der Waals surface area contributed by atoms with Gasteiger partial charge in [0, 0.05) is 17.7 Å². The number of nitrogens with one attached hydrogen (secondary N) is 1. The Morgan fingerprint density at radius 1 is 1.42 bits per heavy atom. The summed E-state index contributed by atoms with van der Waals surface area (Å²) in [6.45, 7) is 4.14. The van der Waals surface area contributed by atoms with Gasteiger partial charge in [-0.25, -0.2) is 0 Å². The first-order valence-electron chi connectivity index (χ1n) is 7.26. The van der Waals surface area contributed by atoms with Crippen molar-refractivity contribution in [3.05, 3.63) is 24.3 Å². The zero-order chi connectivity index (χ0) is 13.7. The molecular formula is C16H23NO2. The van der Waals surface area contributed by atoms with E-state index in [1.165, 1.54) is 12.8 Å². The van der Waals surface area contributed by atoms with E-state index in [-0.39, 0.29) is 17.9 Å². The third kappa shape index (κ3) is 3.98. The summed E-state index contributed by atoms with van der Waals surface area (Å²) in [5.41, 5.74) is 0.831. The van der Waals surface area contributed by atoms with E-state index in [2.05, 4.69) is 12.2 Å². The Kier molecular flexibility index (Phi) is 4.83. The fraction of sp³-hybridized carbons (Fsp3) is 0.562. The maximum atomic E-state index is 12.1. The van der Waals surface area contributed by atoms with Gasteiger partial charge in [0.1, 0.15) is 5.75 Å². The van der Waals surface area contributed by atoms with Crippen LogP contribution >= 0.6 is 0 Å². The minimum Gasteiger partial charge on any atom is -0.491 e. The number of ether oxygens (including phenoxy) is 1. The molecule has 1 unspecified atom stereocenters. The minimum absolute atomic E-state index is 0.151. The Bertz CT molecular complexity index is 425. The first-order chi connectivity index (χ1) is 9.19. The number of hydrogen-bond donors (Lipinski definition) is 1. The van der Waals surface area contributed by atoms with Gasteiger partial charge in [-0.15, -0.1) is 0 Å². The van der Waals surface area contributed by atoms with Gasteiger partial charge in [-0.3, -0.25) is 4.79 Å². The van der Waals surface area contributed by atoms with Crippen molar-refractivity contribution in [3.8, 4) is 5.75 Å². The highest BCUT2D eigenvalue weighted by molar-refractivity contribution is 5.92. The van der Waals surface area contributed by atoms with Crippen LogP contribution in [0.1, 0.15) is 46.0 Å². The maximum absolute atomic E-state index is 12.1. The second kappa shape index (κ2) is 6.60. The average Bonchev–Trinajstić information content (AvgIpc) is 2.93. The van der Waals surface area contributed by atoms with Gasteiger partial charge in [-0.1, -0.05) is 25.8 Å². The number of anilines is 1. The molecule has 0 aromatic heterocycles. The largest absolute Gasteiger partial charge is 0.491 e. The van der Waals surface area contributed by atoms with Gasteiger partial charge in [0.05, 0.1) is 6.10 Å². The number of benzene rings is 1. The van der Waals surface area contributed by atoms with Gasteiger partial charge in [0.15, 0.2) is 0 Å². The van der Waals surface area contributed by atoms with Gasteiger partial charge in [0.2, 0.25) is 5.91 Å². The summed E-state index contributed by atoms with van der Waals surface area (Å²) >= 11 is 0. The summed E-state index contributed by atoms with van der Waals surface area (Å²) in [4.78, 5) is 12.1. The van der Waals surface area contributed by atoms with Crippen molar-refractivity contribution in [1.82, 2.24) is 0 Å². The van der Waals surface area contributed by atoms with Gasteiger partial charge in [0.25, 0.3) is 0 Å². The van der Waals surface area contributed by atoms with Crippen LogP contribution in [-0.2, 0) is 4.79 Å². The highest BCUT2D eigenvalue weighted by atomic mass is 16.5. The Morgan fingerprint density at radius 2 is 2.16 bits per heavy atom. The average molecular weight is 261 g/mol. The molecule has 1 fully saturated rings. The standard InChI is InChI=1S/C16H23NO2/c1-3-12(2)19-15-10-6-9-14(11-15)17-16(18)13-7-4-5-8-13/h6,9-13H,3-5,7-8H2,1-2H3,(H,17,18). The molecule has 0 bridgehead atoms. The number of amides is 1. The van der Waals surface area contributed by atoms with Crippen molar-refractivity contribution in [1.29, 1.82) is 0 Å². The molecule has 1 atom stereocenters. The fourth-order valence-corrected chi connectivity index (χ4v) is 2.40. The fourth-order valence-electron chi connectivity index (χ4n) is 2.40. The smallest absolute Gasteiger partial charge is 0.227 e. The molecule has 1 saturated carbocycles. The van der Waals surface area contributed by atoms with E-state index in [1.807, 2.05) is 31.2 Å². The highest BCUT2D eigenvalue weighted by Gasteiger charge is 2.22. The quantitative estimate of drug-likeness (QED) is 0.870. The molecule has 1 amide bonds. The second-order valence-corrected chi connectivity index (χ2v) is 5.34. The van der Waals surface area contributed by atoms with Gasteiger partial charge in [-0.2, -0.15) is 0 Å². The monoisotopic (exact) mass is 261 g/mol. The molecule has 1 N–H and O–H groups in total. The highest BCUT2D eigenvalue weighted by Crippen LogP contribution is 2.27. The van der Waals surface area contributed by atoms with Crippen molar-refractivity contribution >= 4 is 11.6 Å². The number of rotatable bonds is 5. The molecule has 0 heterocycles. The Hall–Kier alpha value is -1.51. The summed E-state index contributed by atoms with van der Waals surface area (Å²) in [6, 6.07) is 7.66. The van der Waals surface area contributed by atoms with Crippen LogP contribution in [0.25, 0.3) is 0 Å². The van der Waals surface area contributed by atoms with E-state index in [0.29, 0.717) is 0 Å². The number of hydrogen-bond acceptors (Lipinski definition) is 2. The van der Waals surface area contributed by atoms with E-state index in [1.54, 1.807) is 0 Å². The predicted molar refractivity (Wildman–Crippen MR) is 77.4 cm³/mol. The van der Waals surface area contributed by atoms with Gasteiger partial charge in [-0.05, 0) is 38.3 Å². The van der Waals surface area contributed by atoms with Crippen LogP contribution < -0.4 is 10.1 Å². The predicted octanol–water partition coefficient (Wildman–Crippen LogP) is 3.99. The van der Waals surface area contributed by atoms with E-state index in [9.17, 15) is 4.79 Å². The molecule has 0 saturated heterocycles. The maximum Gasteiger partial charge on any atom is 0.227 e. The first-order valence-corrected chi connectivity index (χ1v) is 7.26. The van der Waals surface area contributed by atoms with Crippen LogP contribution in [-0.4, -0.2) is 12.0 Å². The summed E-state index contributed by atoms with van der Waals surface area (Å²) < 4.78 is 5.76. The summed E-state index contributed by atoms with van der Waals surface area (Å²) in [5.74, 6) is 1.16. The zero-order valence-corrected chi connectivity index (χ0v) is 11.8. The molecule has 0 aliphatic heterocycles. The van der Waals surface area contributed by atoms with Crippen LogP contribution in [0.2, 0.25) is 0 Å². The van der Waals surface area contributed by atoms with Crippen LogP contribution in [0.3, 0.4) is 0 Å². The summed E-state index contributed by atoms with van der Waals surface area (Å²) in [5, 5.41) is 3.00. The lowest BCUT2D eigenvalue weighted by Crippen LogP contribution is -2.20. The van der Waals surface area contributed by atoms with Crippen molar-refractivity contribution in [2.24, 2.45) is 5.92 Å². The van der Waals surface area contributed by atoms with Gasteiger partial charge >= 0.3 is 0 Å². The SMILES string of the molecule is CCC(C)Oc1cccc(NC(=O)C2CCCC2)c1. The van der Waals surface area contributed by atoms with Crippen molar-refractivity contribution in [3.63, 3.8) is 0 Å². The van der Waals surface area contributed by atoms with Crippen LogP contribution in [0.5, 0.6) is 5.75 Å². The first kappa shape index (κ1) is 13.9. The number of carbonyl (C=O) groups is 1. The molecule has 1 aromatic carbocycles. The normalized spacial score (nSPS) is 17.2. The van der Waals surface area contributed by atoms with E-state index in [0.717, 1.165) is 30.7 Å². The molecule has 104 valence electrons. The molecule has 1 aliphatic rings. The molecule has 1 aromatic rings. The Labute approximate surface area is 115 Å². The molecule has 2 rings (SSSR count). The Morgan fingerprint density at radius 3 is 2.84 bits per heavy atom. The lowest BCUT2D eigenvalue weighted by atomic mass is 10.1. The molecule has 0 spiro atoms. The van der Waals surface area contributed by atoms with E-state index >= 15 is 0 Å². The molecule has 19 heavy (non-hydrogen) atoms. The van der Waals surface area contributed by atoms with Crippen molar-refractivity contribution in [2.75, 3.05) is 5.32 Å². The lowest BCUT2D eigenvalue weighted by molar-refractivity contribution is -0.119. The van der Waals surface area contributed by atoms with Crippen molar-refractivity contribution in [2.45, 2.75) is 52.1 Å². The molecule has 0 radical (unpaired) electrons. The topological polar surface area (TPSA) is 38.3 Å². The third-order valence-electron chi connectivity index (χ3n) is 3.74. The lowest BCUT2D eigenvalue weighted by Gasteiger charge is -2.14. The summed E-state index contributed by atoms with van der Waals surface area (Å²) in [7, 11) is 0. The molecular weight excluding hydrogens is 238 g/mol. The zero-order valence-electron chi connectivity index (χ0n) is 11.8. The summed E-state index contributed by atoms with van der Waals surface area (Å²) in [6.07, 6.45) is 5.56. The van der Waals surface area contributed by atoms with Crippen LogP contribution in [0, 0.1) is 5.92 Å². The molecule has 3 heteroatoms. The van der Waals surface area contributed by atoms with E-state index in [4.69, 9.17) is 4.74 Å². The van der Waals surface area contributed by atoms with Gasteiger partial charge < -0.3 is 10.1 Å². The van der Waals surface area contributed by atoms with Crippen molar-refractivity contribution < 1.29 is 9.53 Å². The van der Waals surface area contributed by atoms with Crippen LogP contribution in [0.4, 0.5) is 5.69 Å².